The zero-order valence-corrected chi connectivity index (χ0v) is 13.9. The standard InChI is InChI=1S/C15H12Cl2O4S/c1-2-12(18)10-6-3-4-8-13(10)21-22(19,20)14-9-5-7-11(16)15(14)17/h3-9H,2H2,1H3. The number of carbonyl (C=O) groups is 1. The van der Waals surface area contributed by atoms with Crippen LogP contribution in [0.3, 0.4) is 0 Å². The molecule has 0 saturated carbocycles. The Bertz CT molecular complexity index is 816. The second-order valence-corrected chi connectivity index (χ2v) is 6.66. The van der Waals surface area contributed by atoms with Crippen LogP contribution in [-0.4, -0.2) is 14.2 Å². The summed E-state index contributed by atoms with van der Waals surface area (Å²) in [5.41, 5.74) is 0.201. The maximum Gasteiger partial charge on any atom is 0.340 e. The van der Waals surface area contributed by atoms with Gasteiger partial charge in [0.25, 0.3) is 0 Å². The fourth-order valence-electron chi connectivity index (χ4n) is 1.80. The highest BCUT2D eigenvalue weighted by Crippen LogP contribution is 2.31. The second-order valence-electron chi connectivity index (χ2n) is 4.36. The molecule has 22 heavy (non-hydrogen) atoms. The molecule has 0 spiro atoms. The van der Waals surface area contributed by atoms with Gasteiger partial charge in [0, 0.05) is 6.42 Å². The van der Waals surface area contributed by atoms with Gasteiger partial charge in [-0.3, -0.25) is 4.79 Å². The van der Waals surface area contributed by atoms with Gasteiger partial charge in [-0.05, 0) is 24.3 Å². The molecule has 0 heterocycles. The van der Waals surface area contributed by atoms with Crippen molar-refractivity contribution >= 4 is 39.1 Å². The molecule has 0 aliphatic carbocycles. The van der Waals surface area contributed by atoms with E-state index in [1.807, 2.05) is 0 Å². The first kappa shape index (κ1) is 16.8. The van der Waals surface area contributed by atoms with Crippen molar-refractivity contribution in [2.75, 3.05) is 0 Å². The van der Waals surface area contributed by atoms with E-state index in [2.05, 4.69) is 0 Å². The molecule has 2 aromatic carbocycles. The quantitative estimate of drug-likeness (QED) is 0.588. The van der Waals surface area contributed by atoms with E-state index >= 15 is 0 Å². The summed E-state index contributed by atoms with van der Waals surface area (Å²) < 4.78 is 29.8. The molecule has 0 fully saturated rings. The molecule has 7 heteroatoms. The van der Waals surface area contributed by atoms with Crippen LogP contribution in [0.4, 0.5) is 0 Å². The average Bonchev–Trinajstić information content (AvgIpc) is 2.49. The van der Waals surface area contributed by atoms with Crippen LogP contribution in [0, 0.1) is 0 Å². The molecule has 0 atom stereocenters. The molecule has 116 valence electrons. The Morgan fingerprint density at radius 3 is 2.45 bits per heavy atom. The van der Waals surface area contributed by atoms with Crippen molar-refractivity contribution in [1.29, 1.82) is 0 Å². The SMILES string of the molecule is CCC(=O)c1ccccc1OS(=O)(=O)c1cccc(Cl)c1Cl. The molecule has 0 bridgehead atoms. The lowest BCUT2D eigenvalue weighted by Crippen LogP contribution is -2.13. The van der Waals surface area contributed by atoms with Gasteiger partial charge in [0.2, 0.25) is 0 Å². The van der Waals surface area contributed by atoms with Crippen molar-refractivity contribution in [3.05, 3.63) is 58.1 Å². The minimum atomic E-state index is -4.20. The van der Waals surface area contributed by atoms with Crippen molar-refractivity contribution in [2.45, 2.75) is 18.2 Å². The Morgan fingerprint density at radius 2 is 1.77 bits per heavy atom. The number of carbonyl (C=O) groups excluding carboxylic acids is 1. The predicted octanol–water partition coefficient (Wildman–Crippen LogP) is 4.35. The van der Waals surface area contributed by atoms with Crippen LogP contribution in [0.5, 0.6) is 5.75 Å². The molecule has 0 aromatic heterocycles. The molecular weight excluding hydrogens is 347 g/mol. The van der Waals surface area contributed by atoms with E-state index in [4.69, 9.17) is 27.4 Å². The summed E-state index contributed by atoms with van der Waals surface area (Å²) in [4.78, 5) is 11.6. The molecule has 0 aliphatic heterocycles. The van der Waals surface area contributed by atoms with Gasteiger partial charge < -0.3 is 4.18 Å². The number of halogens is 2. The summed E-state index contributed by atoms with van der Waals surface area (Å²) >= 11 is 11.7. The molecule has 0 unspecified atom stereocenters. The van der Waals surface area contributed by atoms with E-state index in [1.54, 1.807) is 19.1 Å². The van der Waals surface area contributed by atoms with Crippen LogP contribution >= 0.6 is 23.2 Å². The summed E-state index contributed by atoms with van der Waals surface area (Å²) in [6, 6.07) is 10.3. The Balaban J connectivity index is 2.46. The molecule has 2 aromatic rings. The van der Waals surface area contributed by atoms with E-state index in [-0.39, 0.29) is 38.5 Å². The van der Waals surface area contributed by atoms with Gasteiger partial charge >= 0.3 is 10.1 Å². The van der Waals surface area contributed by atoms with Crippen LogP contribution in [0.1, 0.15) is 23.7 Å². The number of hydrogen-bond acceptors (Lipinski definition) is 4. The Morgan fingerprint density at radius 1 is 1.09 bits per heavy atom. The van der Waals surface area contributed by atoms with Gasteiger partial charge in [0.15, 0.2) is 11.5 Å². The van der Waals surface area contributed by atoms with Gasteiger partial charge in [0.1, 0.15) is 4.90 Å². The van der Waals surface area contributed by atoms with E-state index in [0.717, 1.165) is 0 Å². The molecule has 0 aliphatic rings. The lowest BCUT2D eigenvalue weighted by Gasteiger charge is -2.11. The number of ketones is 1. The highest BCUT2D eigenvalue weighted by atomic mass is 35.5. The fraction of sp³-hybridized carbons (Fsp3) is 0.133. The van der Waals surface area contributed by atoms with Crippen molar-refractivity contribution in [2.24, 2.45) is 0 Å². The molecule has 2 rings (SSSR count). The topological polar surface area (TPSA) is 60.4 Å². The third-order valence-electron chi connectivity index (χ3n) is 2.89. The third-order valence-corrected chi connectivity index (χ3v) is 5.10. The first-order valence-corrected chi connectivity index (χ1v) is 8.54. The maximum absolute atomic E-state index is 12.4. The molecule has 4 nitrogen and oxygen atoms in total. The number of benzene rings is 2. The van der Waals surface area contributed by atoms with Crippen LogP contribution in [0.25, 0.3) is 0 Å². The van der Waals surface area contributed by atoms with E-state index in [1.165, 1.54) is 30.3 Å². The number of Topliss-reactive ketones (excluding diaryl/α,β-unsaturated/α-hetero) is 1. The van der Waals surface area contributed by atoms with Gasteiger partial charge in [-0.1, -0.05) is 48.3 Å². The number of para-hydroxylation sites is 1. The molecule has 0 N–H and O–H groups in total. The maximum atomic E-state index is 12.4. The Labute approximate surface area is 138 Å². The van der Waals surface area contributed by atoms with Crippen molar-refractivity contribution in [1.82, 2.24) is 0 Å². The molecule has 0 amide bonds. The van der Waals surface area contributed by atoms with Gasteiger partial charge in [0.05, 0.1) is 15.6 Å². The minimum absolute atomic E-state index is 0.0367. The summed E-state index contributed by atoms with van der Waals surface area (Å²) in [6.07, 6.45) is 0.234. The van der Waals surface area contributed by atoms with Crippen LogP contribution < -0.4 is 4.18 Å². The third kappa shape index (κ3) is 3.43. The van der Waals surface area contributed by atoms with Crippen molar-refractivity contribution in [3.8, 4) is 5.75 Å². The zero-order chi connectivity index (χ0) is 16.3. The number of hydrogen-bond donors (Lipinski definition) is 0. The summed E-state index contributed by atoms with van der Waals surface area (Å²) in [6.45, 7) is 1.68. The Hall–Kier alpha value is -1.56. The molecule has 0 radical (unpaired) electrons. The fourth-order valence-corrected chi connectivity index (χ4v) is 3.49. The second kappa shape index (κ2) is 6.69. The van der Waals surface area contributed by atoms with Crippen molar-refractivity contribution < 1.29 is 17.4 Å². The smallest absolute Gasteiger partial charge is 0.340 e. The van der Waals surface area contributed by atoms with Crippen LogP contribution in [0.2, 0.25) is 10.0 Å². The van der Waals surface area contributed by atoms with Crippen LogP contribution in [0.15, 0.2) is 47.4 Å². The van der Waals surface area contributed by atoms with Crippen LogP contribution in [-0.2, 0) is 10.1 Å². The zero-order valence-electron chi connectivity index (χ0n) is 11.5. The molecular formula is C15H12Cl2O4S. The summed E-state index contributed by atoms with van der Waals surface area (Å²) in [7, 11) is -4.20. The van der Waals surface area contributed by atoms with E-state index in [0.29, 0.717) is 0 Å². The van der Waals surface area contributed by atoms with E-state index in [9.17, 15) is 13.2 Å². The largest absolute Gasteiger partial charge is 0.378 e. The van der Waals surface area contributed by atoms with Crippen molar-refractivity contribution in [3.63, 3.8) is 0 Å². The van der Waals surface area contributed by atoms with Gasteiger partial charge in [-0.2, -0.15) is 8.42 Å². The normalized spacial score (nSPS) is 11.2. The highest BCUT2D eigenvalue weighted by Gasteiger charge is 2.24. The average molecular weight is 359 g/mol. The number of rotatable bonds is 5. The lowest BCUT2D eigenvalue weighted by atomic mass is 10.1. The lowest BCUT2D eigenvalue weighted by molar-refractivity contribution is 0.0986. The first-order valence-electron chi connectivity index (χ1n) is 6.37. The minimum Gasteiger partial charge on any atom is -0.378 e. The van der Waals surface area contributed by atoms with E-state index < -0.39 is 10.1 Å². The summed E-state index contributed by atoms with van der Waals surface area (Å²) in [5, 5.41) is -0.0206. The summed E-state index contributed by atoms with van der Waals surface area (Å²) in [5.74, 6) is -0.256. The monoisotopic (exact) mass is 358 g/mol. The highest BCUT2D eigenvalue weighted by molar-refractivity contribution is 7.87. The van der Waals surface area contributed by atoms with Gasteiger partial charge in [-0.15, -0.1) is 0 Å². The Kier molecular flexibility index (Phi) is 5.11. The van der Waals surface area contributed by atoms with Gasteiger partial charge in [-0.25, -0.2) is 0 Å². The predicted molar refractivity (Wildman–Crippen MR) is 85.3 cm³/mol. The molecule has 0 saturated heterocycles. The first-order chi connectivity index (χ1) is 10.4.